The highest BCUT2D eigenvalue weighted by molar-refractivity contribution is 7.46. The number of nitrogens with two attached hydrogens (primary N) is 4. The lowest BCUT2D eigenvalue weighted by Crippen LogP contribution is -2.05. The molecule has 10 N–H and O–H groups in total. The minimum Gasteiger partial charge on any atom is -0.368 e. The fourth-order valence-electron chi connectivity index (χ4n) is 0.427. The van der Waals surface area contributed by atoms with Crippen molar-refractivity contribution in [1.29, 1.82) is 0 Å². The molecule has 0 atom stereocenters. The van der Waals surface area contributed by atoms with E-state index >= 15 is 0 Å². The molecule has 1 heterocycles. The summed E-state index contributed by atoms with van der Waals surface area (Å²) in [6.45, 7) is 0. The number of anilines is 3. The summed E-state index contributed by atoms with van der Waals surface area (Å²) < 4.78 is 12.5. The van der Waals surface area contributed by atoms with Crippen LogP contribution in [0.15, 0.2) is 0 Å². The SMILES string of the molecule is NOP(=O)(O)O.Nc1nc(N)nc(N)n1. The van der Waals surface area contributed by atoms with Gasteiger partial charge in [0.05, 0.1) is 0 Å². The Morgan fingerprint density at radius 2 is 1.20 bits per heavy atom. The fraction of sp³-hybridized carbons (Fsp3) is 0. The van der Waals surface area contributed by atoms with Gasteiger partial charge < -0.3 is 27.0 Å². The summed E-state index contributed by atoms with van der Waals surface area (Å²) in [5.74, 6) is 4.17. The minimum absolute atomic E-state index is 0.0417. The van der Waals surface area contributed by atoms with Crippen LogP contribution in [0.3, 0.4) is 0 Å². The van der Waals surface area contributed by atoms with Gasteiger partial charge >= 0.3 is 7.82 Å². The molecule has 1 rings (SSSR count). The summed E-state index contributed by atoms with van der Waals surface area (Å²) in [6.07, 6.45) is 0. The predicted octanol–water partition coefficient (Wildman–Crippen LogP) is -2.41. The topological polar surface area (TPSA) is 210 Å². The third-order valence-corrected chi connectivity index (χ3v) is 1.10. The van der Waals surface area contributed by atoms with E-state index in [0.717, 1.165) is 0 Å². The number of hydrogen-bond acceptors (Lipinski definition) is 9. The molecule has 0 radical (unpaired) electrons. The van der Waals surface area contributed by atoms with E-state index in [1.807, 2.05) is 0 Å². The van der Waals surface area contributed by atoms with Crippen LogP contribution in [0.2, 0.25) is 0 Å². The maximum atomic E-state index is 9.35. The minimum atomic E-state index is -4.37. The van der Waals surface area contributed by atoms with Crippen LogP contribution in [0, 0.1) is 0 Å². The average Bonchev–Trinajstić information content (AvgIpc) is 2.01. The number of phosphoric acid groups is 1. The fourth-order valence-corrected chi connectivity index (χ4v) is 0.427. The molecule has 1 aromatic rings. The Hall–Kier alpha value is -1.52. The molecule has 0 aromatic carbocycles. The van der Waals surface area contributed by atoms with E-state index < -0.39 is 7.82 Å². The monoisotopic (exact) mass is 239 g/mol. The molecule has 0 aliphatic carbocycles. The highest BCUT2D eigenvalue weighted by Gasteiger charge is 2.08. The summed E-state index contributed by atoms with van der Waals surface area (Å²) in [5, 5.41) is 0. The van der Waals surface area contributed by atoms with Gasteiger partial charge in [-0.25, -0.2) is 15.1 Å². The van der Waals surface area contributed by atoms with E-state index in [2.05, 4.69) is 25.5 Å². The van der Waals surface area contributed by atoms with Gasteiger partial charge in [0, 0.05) is 0 Å². The van der Waals surface area contributed by atoms with Gasteiger partial charge in [0.15, 0.2) is 0 Å². The Kier molecular flexibility index (Phi) is 4.84. The van der Waals surface area contributed by atoms with Crippen molar-refractivity contribution in [3.8, 4) is 0 Å². The molecule has 86 valence electrons. The summed E-state index contributed by atoms with van der Waals surface area (Å²) in [4.78, 5) is 25.6. The number of nitrogens with zero attached hydrogens (tertiary/aromatic N) is 3. The van der Waals surface area contributed by atoms with Gasteiger partial charge in [-0.2, -0.15) is 15.0 Å². The van der Waals surface area contributed by atoms with E-state index in [1.54, 1.807) is 0 Å². The summed E-state index contributed by atoms with van der Waals surface area (Å²) in [5.41, 5.74) is 15.4. The lowest BCUT2D eigenvalue weighted by Gasteiger charge is -1.93. The van der Waals surface area contributed by atoms with E-state index in [9.17, 15) is 4.57 Å². The first-order valence-corrected chi connectivity index (χ1v) is 4.74. The van der Waals surface area contributed by atoms with Crippen LogP contribution in [0.1, 0.15) is 0 Å². The average molecular weight is 239 g/mol. The van der Waals surface area contributed by atoms with Gasteiger partial charge in [0.2, 0.25) is 17.8 Å². The normalized spacial score (nSPS) is 10.3. The van der Waals surface area contributed by atoms with Crippen LogP contribution < -0.4 is 23.1 Å². The van der Waals surface area contributed by atoms with Crippen molar-refractivity contribution in [3.05, 3.63) is 0 Å². The third kappa shape index (κ3) is 7.54. The van der Waals surface area contributed by atoms with Crippen LogP contribution in [-0.2, 0) is 9.19 Å². The van der Waals surface area contributed by atoms with Crippen LogP contribution in [0.25, 0.3) is 0 Å². The molecule has 0 unspecified atom stereocenters. The van der Waals surface area contributed by atoms with Crippen LogP contribution in [0.4, 0.5) is 17.8 Å². The molecule has 0 spiro atoms. The Morgan fingerprint density at radius 3 is 1.33 bits per heavy atom. The highest BCUT2D eigenvalue weighted by atomic mass is 31.2. The highest BCUT2D eigenvalue weighted by Crippen LogP contribution is 2.32. The Bertz CT molecular complexity index is 315. The molecule has 0 amide bonds. The molecule has 1 aromatic heterocycles. The number of aromatic nitrogens is 3. The number of hydrogen-bond donors (Lipinski definition) is 6. The van der Waals surface area contributed by atoms with Crippen LogP contribution in [0.5, 0.6) is 0 Å². The Morgan fingerprint density at radius 1 is 1.00 bits per heavy atom. The second-order valence-electron chi connectivity index (χ2n) is 2.01. The smallest absolute Gasteiger partial charge is 0.368 e. The van der Waals surface area contributed by atoms with Crippen molar-refractivity contribution in [2.24, 2.45) is 5.90 Å². The molecule has 0 bridgehead atoms. The van der Waals surface area contributed by atoms with Crippen molar-refractivity contribution >= 4 is 25.7 Å². The zero-order valence-electron chi connectivity index (χ0n) is 7.31. The van der Waals surface area contributed by atoms with Gasteiger partial charge in [0.25, 0.3) is 0 Å². The molecular weight excluding hydrogens is 229 g/mol. The van der Waals surface area contributed by atoms with Gasteiger partial charge in [-0.3, -0.25) is 0 Å². The second kappa shape index (κ2) is 5.38. The van der Waals surface area contributed by atoms with Gasteiger partial charge in [0.1, 0.15) is 0 Å². The lowest BCUT2D eigenvalue weighted by molar-refractivity contribution is 0.201. The molecule has 15 heavy (non-hydrogen) atoms. The maximum Gasteiger partial charge on any atom is 0.485 e. The molecule has 12 heteroatoms. The summed E-state index contributed by atoms with van der Waals surface area (Å²) in [6, 6.07) is 0. The Labute approximate surface area is 83.7 Å². The zero-order chi connectivity index (χ0) is 12.1. The van der Waals surface area contributed by atoms with Crippen LogP contribution in [-0.4, -0.2) is 24.7 Å². The largest absolute Gasteiger partial charge is 0.485 e. The molecule has 0 aliphatic heterocycles. The van der Waals surface area contributed by atoms with Gasteiger partial charge in [-0.05, 0) is 0 Å². The van der Waals surface area contributed by atoms with Crippen molar-refractivity contribution in [2.75, 3.05) is 17.2 Å². The predicted molar refractivity (Wildman–Crippen MR) is 50.4 cm³/mol. The van der Waals surface area contributed by atoms with Gasteiger partial charge in [-0.15, -0.1) is 0 Å². The van der Waals surface area contributed by atoms with E-state index in [0.29, 0.717) is 0 Å². The quantitative estimate of drug-likeness (QED) is 0.224. The first-order valence-electron chi connectivity index (χ1n) is 3.21. The van der Waals surface area contributed by atoms with Crippen molar-refractivity contribution < 1.29 is 19.0 Å². The molecule has 0 aliphatic rings. The summed E-state index contributed by atoms with van der Waals surface area (Å²) in [7, 11) is -4.37. The lowest BCUT2D eigenvalue weighted by atomic mass is 10.9. The van der Waals surface area contributed by atoms with E-state index in [-0.39, 0.29) is 17.8 Å². The molecule has 11 nitrogen and oxygen atoms in total. The molecular formula is C3H10N7O4P. The standard InChI is InChI=1S/C3H6N6.H4NO4P/c4-1-7-2(5)9-3(6)8-1;1-5-6(2,3)4/h(H6,4,5,6,7,8,9);1H2,(H2,2,3,4). The van der Waals surface area contributed by atoms with Crippen molar-refractivity contribution in [3.63, 3.8) is 0 Å². The van der Waals surface area contributed by atoms with E-state index in [4.69, 9.17) is 27.0 Å². The first kappa shape index (κ1) is 13.5. The summed E-state index contributed by atoms with van der Waals surface area (Å²) >= 11 is 0. The van der Waals surface area contributed by atoms with Gasteiger partial charge in [-0.1, -0.05) is 0 Å². The zero-order valence-corrected chi connectivity index (χ0v) is 8.20. The maximum absolute atomic E-state index is 9.35. The Balaban J connectivity index is 0.000000288. The third-order valence-electron chi connectivity index (χ3n) is 0.825. The molecule has 0 fully saturated rings. The van der Waals surface area contributed by atoms with Crippen molar-refractivity contribution in [2.45, 2.75) is 0 Å². The number of rotatable bonds is 1. The molecule has 0 saturated carbocycles. The van der Waals surface area contributed by atoms with Crippen LogP contribution >= 0.6 is 7.82 Å². The number of nitrogen functional groups attached to an aromatic ring is 3. The first-order chi connectivity index (χ1) is 6.74. The molecule has 0 saturated heterocycles. The van der Waals surface area contributed by atoms with Crippen molar-refractivity contribution in [1.82, 2.24) is 15.0 Å². The van der Waals surface area contributed by atoms with E-state index in [1.165, 1.54) is 0 Å². The second-order valence-corrected chi connectivity index (χ2v) is 3.20.